The summed E-state index contributed by atoms with van der Waals surface area (Å²) in [7, 11) is 0. The van der Waals surface area contributed by atoms with Crippen LogP contribution >= 0.6 is 0 Å². The van der Waals surface area contributed by atoms with Crippen LogP contribution in [0, 0.1) is 0 Å². The lowest BCUT2D eigenvalue weighted by Crippen LogP contribution is -2.54. The summed E-state index contributed by atoms with van der Waals surface area (Å²) in [5.74, 6) is -0.540. The van der Waals surface area contributed by atoms with Crippen molar-refractivity contribution in [1.29, 1.82) is 0 Å². The zero-order valence-corrected chi connectivity index (χ0v) is 48.5. The van der Waals surface area contributed by atoms with Gasteiger partial charge in [0.25, 0.3) is 11.8 Å². The molecule has 1 unspecified atom stereocenters. The standard InChI is InChI=1S/C34H39N7O2.C33H38N8O2/c35-34(36)37-18-9-16-31-33(43)41(23-29(24-10-3-1-4-11-24)25-12-5-2-6-13-25)19-17-28(40-31)22-39-32(42)27-20-26-14-7-8-15-30(26)38-21-27;1-2-26(40-33(34)35)30-32(43)41(21-25(22-11-5-3-6-12-22)23-13-7-4-8-14-23)18-17-24(38-30)19-37-31(42)29-20-36-27-15-9-10-16-28(27)39-29/h1-8,10-15,20-21,28-29,31,40H,9,16-19,22-23H2,(H,39,42)(H4,35,36,37);3-16,20,24-26,30,38H,2,17-19,21H2,1H3,(H,37,42)(H4,34,35,40)/t28-,31-;24-,26?,30-/m00/s1. The van der Waals surface area contributed by atoms with Crippen molar-refractivity contribution in [2.24, 2.45) is 32.9 Å². The van der Waals surface area contributed by atoms with Crippen molar-refractivity contribution in [2.75, 3.05) is 45.8 Å². The van der Waals surface area contributed by atoms with Crippen molar-refractivity contribution in [3.05, 3.63) is 222 Å². The zero-order chi connectivity index (χ0) is 60.2. The smallest absolute Gasteiger partial charge is 0.271 e. The number of amides is 4. The van der Waals surface area contributed by atoms with Crippen molar-refractivity contribution in [3.8, 4) is 0 Å². The Labute approximate surface area is 502 Å². The SMILES string of the molecule is CCC(N=C(N)N)[C@@H]1N[C@H](CNC(=O)c2cnc3ccccc3n2)CCN(CC(c2ccccc2)c2ccccc2)C1=O.NC(N)=NCCC[C@@H]1N[C@H](CNC(=O)c2cnc3ccccc3c2)CCN(CC(c2ccccc2)c2ccccc2)C1=O. The largest absolute Gasteiger partial charge is 0.370 e. The van der Waals surface area contributed by atoms with Gasteiger partial charge in [0.2, 0.25) is 11.8 Å². The lowest BCUT2D eigenvalue weighted by Gasteiger charge is -2.31. The topological polar surface area (TPSA) is 290 Å². The molecule has 0 spiro atoms. The minimum Gasteiger partial charge on any atom is -0.370 e. The summed E-state index contributed by atoms with van der Waals surface area (Å²) < 4.78 is 0. The van der Waals surface area contributed by atoms with Gasteiger partial charge in [0, 0.05) is 81.3 Å². The molecule has 0 aliphatic carbocycles. The molecule has 19 heteroatoms. The van der Waals surface area contributed by atoms with E-state index in [0.29, 0.717) is 89.0 Å². The van der Waals surface area contributed by atoms with Gasteiger partial charge in [0.05, 0.1) is 40.4 Å². The quantitative estimate of drug-likeness (QED) is 0.0226. The van der Waals surface area contributed by atoms with E-state index in [2.05, 4.69) is 94.7 Å². The first-order valence-electron chi connectivity index (χ1n) is 29.5. The highest BCUT2D eigenvalue weighted by atomic mass is 16.2. The number of hydrogen-bond acceptors (Lipinski definition) is 11. The number of nitrogens with one attached hydrogen (secondary N) is 4. The van der Waals surface area contributed by atoms with Crippen LogP contribution in [0.5, 0.6) is 0 Å². The highest BCUT2D eigenvalue weighted by Gasteiger charge is 2.38. The summed E-state index contributed by atoms with van der Waals surface area (Å²) in [6.07, 6.45) is 6.18. The Kier molecular flexibility index (Phi) is 21.5. The molecule has 444 valence electrons. The van der Waals surface area contributed by atoms with E-state index < -0.39 is 18.1 Å². The van der Waals surface area contributed by atoms with E-state index in [1.54, 1.807) is 6.20 Å². The molecule has 2 aromatic heterocycles. The molecule has 8 aromatic rings. The number of aliphatic imine (C=N–C) groups is 2. The van der Waals surface area contributed by atoms with Crippen molar-refractivity contribution in [1.82, 2.24) is 46.0 Å². The van der Waals surface area contributed by atoms with Gasteiger partial charge in [-0.05, 0) is 78.6 Å². The summed E-state index contributed by atoms with van der Waals surface area (Å²) in [5.41, 5.74) is 30.1. The lowest BCUT2D eigenvalue weighted by molar-refractivity contribution is -0.134. The van der Waals surface area contributed by atoms with Crippen LogP contribution in [0.4, 0.5) is 0 Å². The molecule has 2 aliphatic heterocycles. The van der Waals surface area contributed by atoms with Crippen LogP contribution in [0.25, 0.3) is 21.9 Å². The van der Waals surface area contributed by atoms with Gasteiger partial charge in [-0.25, -0.2) is 9.98 Å². The molecule has 2 saturated heterocycles. The van der Waals surface area contributed by atoms with E-state index in [1.807, 2.05) is 144 Å². The van der Waals surface area contributed by atoms with Gasteiger partial charge < -0.3 is 48.7 Å². The number of carbonyl (C=O) groups is 4. The second kappa shape index (κ2) is 30.3. The van der Waals surface area contributed by atoms with Crippen LogP contribution < -0.4 is 44.2 Å². The zero-order valence-electron chi connectivity index (χ0n) is 48.5. The molecule has 12 N–H and O–H groups in total. The van der Waals surface area contributed by atoms with Crippen molar-refractivity contribution in [3.63, 3.8) is 0 Å². The fourth-order valence-electron chi connectivity index (χ4n) is 11.2. The summed E-state index contributed by atoms with van der Waals surface area (Å²) in [4.78, 5) is 79.9. The number of nitrogens with zero attached hydrogens (tertiary/aromatic N) is 7. The number of rotatable bonds is 21. The Balaban J connectivity index is 0.000000205. The minimum absolute atomic E-state index is 0.0158. The Bertz CT molecular complexity index is 3490. The highest BCUT2D eigenvalue weighted by Crippen LogP contribution is 2.29. The molecule has 2 fully saturated rings. The van der Waals surface area contributed by atoms with Crippen molar-refractivity contribution < 1.29 is 19.2 Å². The Hall–Kier alpha value is -9.59. The van der Waals surface area contributed by atoms with Gasteiger partial charge in [-0.3, -0.25) is 39.5 Å². The lowest BCUT2D eigenvalue weighted by atomic mass is 9.90. The van der Waals surface area contributed by atoms with E-state index in [0.717, 1.165) is 38.7 Å². The predicted molar refractivity (Wildman–Crippen MR) is 339 cm³/mol. The number of carbonyl (C=O) groups excluding carboxylic acids is 4. The first-order valence-corrected chi connectivity index (χ1v) is 29.5. The maximum atomic E-state index is 14.2. The minimum atomic E-state index is -0.663. The maximum Gasteiger partial charge on any atom is 0.271 e. The molecule has 0 bridgehead atoms. The van der Waals surface area contributed by atoms with E-state index in [9.17, 15) is 19.2 Å². The summed E-state index contributed by atoms with van der Waals surface area (Å²) in [6, 6.07) is 56.2. The molecular weight excluding hydrogens is 1080 g/mol. The first kappa shape index (κ1) is 61.0. The number of benzene rings is 6. The average Bonchev–Trinajstić information content (AvgIpc) is 3.46. The summed E-state index contributed by atoms with van der Waals surface area (Å²) in [5, 5.41) is 14.0. The molecule has 6 aromatic carbocycles. The molecule has 4 amide bonds. The number of nitrogens with two attached hydrogens (primary N) is 4. The van der Waals surface area contributed by atoms with Crippen molar-refractivity contribution >= 4 is 57.5 Å². The molecule has 86 heavy (non-hydrogen) atoms. The number of aromatic nitrogens is 3. The third-order valence-corrected chi connectivity index (χ3v) is 15.8. The van der Waals surface area contributed by atoms with Crippen LogP contribution in [0.2, 0.25) is 0 Å². The summed E-state index contributed by atoms with van der Waals surface area (Å²) >= 11 is 0. The third-order valence-electron chi connectivity index (χ3n) is 15.8. The maximum absolute atomic E-state index is 14.2. The van der Waals surface area contributed by atoms with E-state index in [-0.39, 0.29) is 65.2 Å². The number of hydrogen-bond donors (Lipinski definition) is 8. The number of fused-ring (bicyclic) bond motifs is 2. The second-order valence-corrected chi connectivity index (χ2v) is 21.7. The number of pyridine rings is 1. The molecule has 19 nitrogen and oxygen atoms in total. The third kappa shape index (κ3) is 16.6. The predicted octanol–water partition coefficient (Wildman–Crippen LogP) is 6.21. The molecule has 0 radical (unpaired) electrons. The summed E-state index contributed by atoms with van der Waals surface area (Å²) in [6.45, 7) is 5.21. The van der Waals surface area contributed by atoms with Gasteiger partial charge >= 0.3 is 0 Å². The molecule has 0 saturated carbocycles. The van der Waals surface area contributed by atoms with Crippen LogP contribution in [0.3, 0.4) is 0 Å². The Morgan fingerprint density at radius 2 is 1.08 bits per heavy atom. The van der Waals surface area contributed by atoms with Crippen LogP contribution in [0.1, 0.15) is 94.0 Å². The Morgan fingerprint density at radius 3 is 1.63 bits per heavy atom. The molecule has 4 heterocycles. The van der Waals surface area contributed by atoms with Gasteiger partial charge in [0.1, 0.15) is 11.7 Å². The van der Waals surface area contributed by atoms with Gasteiger partial charge in [-0.15, -0.1) is 0 Å². The number of guanidine groups is 2. The molecule has 2 aliphatic rings. The second-order valence-electron chi connectivity index (χ2n) is 21.7. The average molecular weight is 1160 g/mol. The van der Waals surface area contributed by atoms with E-state index in [1.165, 1.54) is 6.20 Å². The van der Waals surface area contributed by atoms with Crippen LogP contribution in [0.15, 0.2) is 198 Å². The van der Waals surface area contributed by atoms with E-state index in [4.69, 9.17) is 22.9 Å². The molecule has 5 atom stereocenters. The Morgan fingerprint density at radius 1 is 0.593 bits per heavy atom. The van der Waals surface area contributed by atoms with Gasteiger partial charge in [-0.1, -0.05) is 159 Å². The fraction of sp³-hybridized carbons (Fsp3) is 0.299. The normalized spacial score (nSPS) is 17.4. The first-order chi connectivity index (χ1) is 41.9. The van der Waals surface area contributed by atoms with E-state index >= 15 is 0 Å². The van der Waals surface area contributed by atoms with Crippen molar-refractivity contribution in [2.45, 2.75) is 81.1 Å². The van der Waals surface area contributed by atoms with Gasteiger partial charge in [-0.2, -0.15) is 0 Å². The van der Waals surface area contributed by atoms with Gasteiger partial charge in [0.15, 0.2) is 11.9 Å². The number of para-hydroxylation sites is 3. The molecular formula is C67H77N15O4. The molecule has 10 rings (SSSR count). The monoisotopic (exact) mass is 1160 g/mol. The highest BCUT2D eigenvalue weighted by molar-refractivity contribution is 5.97. The van der Waals surface area contributed by atoms with Crippen LogP contribution in [-0.2, 0) is 9.59 Å². The fourth-order valence-corrected chi connectivity index (χ4v) is 11.2. The van der Waals surface area contributed by atoms with Crippen LogP contribution in [-0.4, -0.2) is 136 Å².